The number of anilines is 3. The van der Waals surface area contributed by atoms with Crippen LogP contribution in [0.25, 0.3) is 0 Å². The minimum Gasteiger partial charge on any atom is -0.365 e. The van der Waals surface area contributed by atoms with E-state index < -0.39 is 0 Å². The Balaban J connectivity index is 2.24. The van der Waals surface area contributed by atoms with Crippen LogP contribution in [0.4, 0.5) is 21.8 Å². The maximum absolute atomic E-state index is 13.2. The first-order chi connectivity index (χ1) is 9.32. The lowest BCUT2D eigenvalue weighted by molar-refractivity contribution is 0.628. The average Bonchev–Trinajstić information content (AvgIpc) is 2.25. The van der Waals surface area contributed by atoms with Gasteiger partial charge in [0.15, 0.2) is 0 Å². The molecule has 0 radical (unpaired) electrons. The molecule has 0 saturated heterocycles. The van der Waals surface area contributed by atoms with Crippen LogP contribution in [0.3, 0.4) is 0 Å². The van der Waals surface area contributed by atoms with Crippen molar-refractivity contribution in [1.29, 1.82) is 0 Å². The molecule has 0 bridgehead atoms. The van der Waals surface area contributed by atoms with E-state index in [0.29, 0.717) is 11.6 Å². The minimum absolute atomic E-state index is 0.0864. The predicted octanol–water partition coefficient (Wildman–Crippen LogP) is 3.88. The van der Waals surface area contributed by atoms with Crippen molar-refractivity contribution in [3.05, 3.63) is 41.8 Å². The molecule has 0 atom stereocenters. The highest BCUT2D eigenvalue weighted by molar-refractivity contribution is 5.55. The summed E-state index contributed by atoms with van der Waals surface area (Å²) in [6, 6.07) is 8.09. The molecule has 2 N–H and O–H groups in total. The Morgan fingerprint density at radius 1 is 1.10 bits per heavy atom. The van der Waals surface area contributed by atoms with Gasteiger partial charge in [-0.2, -0.15) is 4.98 Å². The molecule has 2 rings (SSSR count). The molecule has 1 heterocycles. The van der Waals surface area contributed by atoms with Crippen molar-refractivity contribution >= 4 is 17.5 Å². The first-order valence-electron chi connectivity index (χ1n) is 6.48. The second-order valence-electron chi connectivity index (χ2n) is 5.73. The Morgan fingerprint density at radius 2 is 1.85 bits per heavy atom. The molecular weight excluding hydrogens is 255 g/mol. The molecule has 2 aromatic rings. The lowest BCUT2D eigenvalue weighted by Crippen LogP contribution is -2.27. The van der Waals surface area contributed by atoms with Crippen LogP contribution >= 0.6 is 0 Å². The Labute approximate surface area is 118 Å². The summed E-state index contributed by atoms with van der Waals surface area (Å²) >= 11 is 0. The third-order valence-electron chi connectivity index (χ3n) is 2.44. The lowest BCUT2D eigenvalue weighted by Gasteiger charge is -2.21. The Bertz CT molecular complexity index is 605. The van der Waals surface area contributed by atoms with Gasteiger partial charge in [-0.15, -0.1) is 0 Å². The van der Waals surface area contributed by atoms with Gasteiger partial charge in [0.25, 0.3) is 0 Å². The molecule has 0 aliphatic heterocycles. The van der Waals surface area contributed by atoms with E-state index >= 15 is 0 Å². The van der Waals surface area contributed by atoms with Crippen LogP contribution in [0.1, 0.15) is 26.5 Å². The van der Waals surface area contributed by atoms with Crippen molar-refractivity contribution in [3.63, 3.8) is 0 Å². The van der Waals surface area contributed by atoms with E-state index in [1.54, 1.807) is 12.1 Å². The van der Waals surface area contributed by atoms with Crippen molar-refractivity contribution < 1.29 is 4.39 Å². The van der Waals surface area contributed by atoms with Crippen LogP contribution in [0.2, 0.25) is 0 Å². The Morgan fingerprint density at radius 3 is 2.50 bits per heavy atom. The molecule has 0 amide bonds. The summed E-state index contributed by atoms with van der Waals surface area (Å²) in [6.07, 6.45) is 0. The van der Waals surface area contributed by atoms with Crippen molar-refractivity contribution in [2.24, 2.45) is 0 Å². The van der Waals surface area contributed by atoms with Gasteiger partial charge in [-0.05, 0) is 45.9 Å². The molecule has 20 heavy (non-hydrogen) atoms. The van der Waals surface area contributed by atoms with E-state index in [9.17, 15) is 4.39 Å². The van der Waals surface area contributed by atoms with Crippen LogP contribution in [0.15, 0.2) is 30.3 Å². The standard InChI is InChI=1S/C15H19FN4/c1-10-8-13(20-15(2,3)4)19-14(17-10)18-12-7-5-6-11(16)9-12/h5-9H,1-4H3,(H2,17,18,19,20). The highest BCUT2D eigenvalue weighted by Gasteiger charge is 2.11. The van der Waals surface area contributed by atoms with Crippen molar-refractivity contribution in [3.8, 4) is 0 Å². The fourth-order valence-electron chi connectivity index (χ4n) is 1.77. The third-order valence-corrected chi connectivity index (χ3v) is 2.44. The molecule has 0 aliphatic rings. The van der Waals surface area contributed by atoms with Crippen LogP contribution in [-0.2, 0) is 0 Å². The summed E-state index contributed by atoms with van der Waals surface area (Å²) in [6.45, 7) is 8.07. The SMILES string of the molecule is Cc1cc(NC(C)(C)C)nc(Nc2cccc(F)c2)n1. The van der Waals surface area contributed by atoms with Crippen LogP contribution in [0, 0.1) is 12.7 Å². The quantitative estimate of drug-likeness (QED) is 0.891. The van der Waals surface area contributed by atoms with Crippen molar-refractivity contribution in [1.82, 2.24) is 9.97 Å². The van der Waals surface area contributed by atoms with Gasteiger partial charge in [0.2, 0.25) is 5.95 Å². The lowest BCUT2D eigenvalue weighted by atomic mass is 10.1. The first-order valence-corrected chi connectivity index (χ1v) is 6.48. The fraction of sp³-hybridized carbons (Fsp3) is 0.333. The van der Waals surface area contributed by atoms with Gasteiger partial charge in [-0.25, -0.2) is 9.37 Å². The third kappa shape index (κ3) is 4.19. The number of hydrogen-bond donors (Lipinski definition) is 2. The minimum atomic E-state index is -0.296. The second-order valence-corrected chi connectivity index (χ2v) is 5.73. The molecular formula is C15H19FN4. The first kappa shape index (κ1) is 14.2. The highest BCUT2D eigenvalue weighted by Crippen LogP contribution is 2.18. The second kappa shape index (κ2) is 5.45. The number of benzene rings is 1. The number of rotatable bonds is 3. The van der Waals surface area contributed by atoms with Crippen LogP contribution < -0.4 is 10.6 Å². The summed E-state index contributed by atoms with van der Waals surface area (Å²) in [5.74, 6) is 0.891. The van der Waals surface area contributed by atoms with Crippen molar-refractivity contribution in [2.45, 2.75) is 33.2 Å². The normalized spacial score (nSPS) is 11.2. The summed E-state index contributed by atoms with van der Waals surface area (Å²) in [4.78, 5) is 8.69. The van der Waals surface area contributed by atoms with Gasteiger partial charge in [0.05, 0.1) is 0 Å². The molecule has 0 unspecified atom stereocenters. The van der Waals surface area contributed by atoms with E-state index in [1.807, 2.05) is 13.0 Å². The molecule has 1 aromatic heterocycles. The average molecular weight is 274 g/mol. The monoisotopic (exact) mass is 274 g/mol. The maximum atomic E-state index is 13.2. The molecule has 5 heteroatoms. The van der Waals surface area contributed by atoms with E-state index in [2.05, 4.69) is 41.4 Å². The number of halogens is 1. The van der Waals surface area contributed by atoms with Crippen LogP contribution in [-0.4, -0.2) is 15.5 Å². The summed E-state index contributed by atoms with van der Waals surface area (Å²) < 4.78 is 13.2. The highest BCUT2D eigenvalue weighted by atomic mass is 19.1. The van der Waals surface area contributed by atoms with Gasteiger partial charge in [-0.1, -0.05) is 6.07 Å². The molecule has 0 saturated carbocycles. The van der Waals surface area contributed by atoms with E-state index in [-0.39, 0.29) is 11.4 Å². The van der Waals surface area contributed by atoms with E-state index in [4.69, 9.17) is 0 Å². The van der Waals surface area contributed by atoms with Gasteiger partial charge >= 0.3 is 0 Å². The van der Waals surface area contributed by atoms with Gasteiger partial charge in [0, 0.05) is 23.0 Å². The van der Waals surface area contributed by atoms with Gasteiger partial charge < -0.3 is 10.6 Å². The maximum Gasteiger partial charge on any atom is 0.229 e. The zero-order valence-corrected chi connectivity index (χ0v) is 12.2. The number of aryl methyl sites for hydroxylation is 1. The number of hydrogen-bond acceptors (Lipinski definition) is 4. The van der Waals surface area contributed by atoms with E-state index in [0.717, 1.165) is 11.5 Å². The predicted molar refractivity (Wildman–Crippen MR) is 79.8 cm³/mol. The summed E-state index contributed by atoms with van der Waals surface area (Å²) in [5, 5.41) is 6.30. The van der Waals surface area contributed by atoms with Crippen LogP contribution in [0.5, 0.6) is 0 Å². The molecule has 106 valence electrons. The smallest absolute Gasteiger partial charge is 0.229 e. The fourth-order valence-corrected chi connectivity index (χ4v) is 1.77. The van der Waals surface area contributed by atoms with Gasteiger partial charge in [0.1, 0.15) is 11.6 Å². The largest absolute Gasteiger partial charge is 0.365 e. The molecule has 0 fully saturated rings. The zero-order valence-electron chi connectivity index (χ0n) is 12.2. The van der Waals surface area contributed by atoms with Gasteiger partial charge in [-0.3, -0.25) is 0 Å². The molecule has 4 nitrogen and oxygen atoms in total. The Kier molecular flexibility index (Phi) is 3.88. The zero-order chi connectivity index (χ0) is 14.8. The topological polar surface area (TPSA) is 49.8 Å². The van der Waals surface area contributed by atoms with Crippen molar-refractivity contribution in [2.75, 3.05) is 10.6 Å². The molecule has 1 aromatic carbocycles. The summed E-state index contributed by atoms with van der Waals surface area (Å²) in [5.41, 5.74) is 1.37. The van der Waals surface area contributed by atoms with E-state index in [1.165, 1.54) is 12.1 Å². The molecule has 0 aliphatic carbocycles. The Hall–Kier alpha value is -2.17. The number of aromatic nitrogens is 2. The molecule has 0 spiro atoms. The number of nitrogens with zero attached hydrogens (tertiary/aromatic N) is 2. The number of nitrogens with one attached hydrogen (secondary N) is 2. The summed E-state index contributed by atoms with van der Waals surface area (Å²) in [7, 11) is 0.